The molecule has 0 aromatic rings. The largest absolute Gasteiger partial charge is 0.508 e. The Morgan fingerprint density at radius 1 is 0.875 bits per heavy atom. The highest BCUT2D eigenvalue weighted by molar-refractivity contribution is 5.60. The minimum atomic E-state index is -0.499. The Hall–Kier alpha value is -0.730. The van der Waals surface area contributed by atoms with Gasteiger partial charge in [-0.05, 0) is 25.7 Å². The third-order valence-corrected chi connectivity index (χ3v) is 2.66. The zero-order chi connectivity index (χ0) is 12.4. The van der Waals surface area contributed by atoms with Crippen molar-refractivity contribution in [1.82, 2.24) is 0 Å². The molecule has 0 aromatic heterocycles. The zero-order valence-electron chi connectivity index (χ0n) is 11.1. The van der Waals surface area contributed by atoms with E-state index in [0.717, 1.165) is 38.5 Å². The maximum atomic E-state index is 11.5. The van der Waals surface area contributed by atoms with Crippen molar-refractivity contribution in [2.24, 2.45) is 0 Å². The van der Waals surface area contributed by atoms with Crippen LogP contribution in [0.25, 0.3) is 0 Å². The van der Waals surface area contributed by atoms with Crippen LogP contribution in [0.4, 0.5) is 4.79 Å². The highest BCUT2D eigenvalue weighted by Crippen LogP contribution is 2.11. The molecule has 0 aromatic carbocycles. The van der Waals surface area contributed by atoms with E-state index in [1.54, 1.807) is 0 Å². The molecule has 0 bridgehead atoms. The Labute approximate surface area is 99.5 Å². The minimum absolute atomic E-state index is 0.0108. The fourth-order valence-electron chi connectivity index (χ4n) is 1.64. The van der Waals surface area contributed by atoms with Crippen LogP contribution in [0.1, 0.15) is 66.2 Å². The Balaban J connectivity index is 3.93. The van der Waals surface area contributed by atoms with Gasteiger partial charge in [0, 0.05) is 0 Å². The summed E-state index contributed by atoms with van der Waals surface area (Å²) in [6, 6.07) is 0. The number of rotatable bonds is 8. The summed E-state index contributed by atoms with van der Waals surface area (Å²) in [4.78, 5) is 11.5. The molecule has 0 spiro atoms. The molecule has 0 aliphatic rings. The molecule has 0 amide bonds. The van der Waals surface area contributed by atoms with E-state index in [9.17, 15) is 4.79 Å². The van der Waals surface area contributed by atoms with Crippen molar-refractivity contribution in [3.8, 4) is 0 Å². The Kier molecular flexibility index (Phi) is 9.06. The summed E-state index contributed by atoms with van der Waals surface area (Å²) in [5, 5.41) is 0. The molecular weight excluding hydrogens is 204 g/mol. The van der Waals surface area contributed by atoms with Crippen LogP contribution in [-0.4, -0.2) is 18.4 Å². The average molecular weight is 230 g/mol. The topological polar surface area (TPSA) is 35.5 Å². The predicted molar refractivity (Wildman–Crippen MR) is 65.5 cm³/mol. The molecule has 2 atom stereocenters. The molecule has 3 heteroatoms. The van der Waals surface area contributed by atoms with Crippen molar-refractivity contribution >= 4 is 6.16 Å². The monoisotopic (exact) mass is 230 g/mol. The lowest BCUT2D eigenvalue weighted by molar-refractivity contribution is -0.00780. The predicted octanol–water partition coefficient (Wildman–Crippen LogP) is 4.30. The van der Waals surface area contributed by atoms with Crippen molar-refractivity contribution in [3.05, 3.63) is 0 Å². The minimum Gasteiger partial charge on any atom is -0.431 e. The maximum Gasteiger partial charge on any atom is 0.508 e. The lowest BCUT2D eigenvalue weighted by Gasteiger charge is -2.19. The van der Waals surface area contributed by atoms with E-state index in [0.29, 0.717) is 0 Å². The van der Waals surface area contributed by atoms with Gasteiger partial charge in [-0.1, -0.05) is 40.5 Å². The highest BCUT2D eigenvalue weighted by Gasteiger charge is 2.16. The lowest BCUT2D eigenvalue weighted by atomic mass is 10.1. The molecule has 0 saturated heterocycles. The van der Waals surface area contributed by atoms with Crippen LogP contribution >= 0.6 is 0 Å². The van der Waals surface area contributed by atoms with Crippen LogP contribution < -0.4 is 0 Å². The van der Waals surface area contributed by atoms with E-state index in [4.69, 9.17) is 9.47 Å². The highest BCUT2D eigenvalue weighted by atomic mass is 16.7. The third-order valence-electron chi connectivity index (χ3n) is 2.66. The van der Waals surface area contributed by atoms with Gasteiger partial charge in [0.15, 0.2) is 0 Å². The van der Waals surface area contributed by atoms with Crippen LogP contribution in [0, 0.1) is 0 Å². The first-order chi connectivity index (χ1) is 7.67. The van der Waals surface area contributed by atoms with Gasteiger partial charge in [-0.25, -0.2) is 4.79 Å². The van der Waals surface area contributed by atoms with Gasteiger partial charge in [0.05, 0.1) is 0 Å². The van der Waals surface area contributed by atoms with E-state index >= 15 is 0 Å². The maximum absolute atomic E-state index is 11.5. The molecule has 96 valence electrons. The summed E-state index contributed by atoms with van der Waals surface area (Å²) >= 11 is 0. The van der Waals surface area contributed by atoms with Crippen molar-refractivity contribution in [2.75, 3.05) is 0 Å². The standard InChI is InChI=1S/C13H26O3/c1-5-9-11(7-3)15-13(14)16-12(8-4)10-6-2/h11-12H,5-10H2,1-4H3. The second kappa shape index (κ2) is 9.49. The van der Waals surface area contributed by atoms with Gasteiger partial charge >= 0.3 is 6.16 Å². The Morgan fingerprint density at radius 2 is 1.25 bits per heavy atom. The van der Waals surface area contributed by atoms with Gasteiger partial charge in [-0.3, -0.25) is 0 Å². The number of carbonyl (C=O) groups is 1. The van der Waals surface area contributed by atoms with Crippen LogP contribution in [-0.2, 0) is 9.47 Å². The quantitative estimate of drug-likeness (QED) is 0.583. The SMILES string of the molecule is CCCC(CC)OC(=O)OC(CC)CCC. The summed E-state index contributed by atoms with van der Waals surface area (Å²) in [5.74, 6) is 0. The number of carbonyl (C=O) groups excluding carboxylic acids is 1. The molecule has 0 N–H and O–H groups in total. The van der Waals surface area contributed by atoms with E-state index in [1.165, 1.54) is 0 Å². The second-order valence-electron chi connectivity index (χ2n) is 4.12. The summed E-state index contributed by atoms with van der Waals surface area (Å²) in [6.07, 6.45) is 5.11. The van der Waals surface area contributed by atoms with Crippen LogP contribution in [0.3, 0.4) is 0 Å². The van der Waals surface area contributed by atoms with Gasteiger partial charge in [0.25, 0.3) is 0 Å². The summed E-state index contributed by atoms with van der Waals surface area (Å²) in [5.41, 5.74) is 0. The first-order valence-electron chi connectivity index (χ1n) is 6.55. The van der Waals surface area contributed by atoms with Crippen molar-refractivity contribution in [1.29, 1.82) is 0 Å². The number of ether oxygens (including phenoxy) is 2. The molecular formula is C13H26O3. The van der Waals surface area contributed by atoms with Gasteiger partial charge in [-0.15, -0.1) is 0 Å². The van der Waals surface area contributed by atoms with Crippen molar-refractivity contribution < 1.29 is 14.3 Å². The normalized spacial score (nSPS) is 14.2. The van der Waals surface area contributed by atoms with Gasteiger partial charge in [-0.2, -0.15) is 0 Å². The average Bonchev–Trinajstić information content (AvgIpc) is 2.27. The fraction of sp³-hybridized carbons (Fsp3) is 0.923. The smallest absolute Gasteiger partial charge is 0.431 e. The molecule has 0 fully saturated rings. The number of hydrogen-bond donors (Lipinski definition) is 0. The molecule has 0 rings (SSSR count). The molecule has 16 heavy (non-hydrogen) atoms. The zero-order valence-corrected chi connectivity index (χ0v) is 11.1. The Bertz CT molecular complexity index is 162. The molecule has 0 heterocycles. The van der Waals surface area contributed by atoms with Crippen molar-refractivity contribution in [2.45, 2.75) is 78.4 Å². The second-order valence-corrected chi connectivity index (χ2v) is 4.12. The van der Waals surface area contributed by atoms with E-state index in [2.05, 4.69) is 13.8 Å². The summed E-state index contributed by atoms with van der Waals surface area (Å²) in [7, 11) is 0. The fourth-order valence-corrected chi connectivity index (χ4v) is 1.64. The summed E-state index contributed by atoms with van der Waals surface area (Å²) < 4.78 is 10.5. The molecule has 0 aliphatic carbocycles. The van der Waals surface area contributed by atoms with Crippen LogP contribution in [0.5, 0.6) is 0 Å². The van der Waals surface area contributed by atoms with Gasteiger partial charge < -0.3 is 9.47 Å². The van der Waals surface area contributed by atoms with Crippen molar-refractivity contribution in [3.63, 3.8) is 0 Å². The van der Waals surface area contributed by atoms with Gasteiger partial charge in [0.1, 0.15) is 12.2 Å². The first kappa shape index (κ1) is 15.3. The van der Waals surface area contributed by atoms with Crippen LogP contribution in [0.15, 0.2) is 0 Å². The first-order valence-corrected chi connectivity index (χ1v) is 6.55. The van der Waals surface area contributed by atoms with Gasteiger partial charge in [0.2, 0.25) is 0 Å². The number of hydrogen-bond acceptors (Lipinski definition) is 3. The van der Waals surface area contributed by atoms with Crippen LogP contribution in [0.2, 0.25) is 0 Å². The van der Waals surface area contributed by atoms with E-state index in [-0.39, 0.29) is 12.2 Å². The molecule has 0 aliphatic heterocycles. The molecule has 3 nitrogen and oxygen atoms in total. The Morgan fingerprint density at radius 3 is 1.50 bits per heavy atom. The lowest BCUT2D eigenvalue weighted by Crippen LogP contribution is -2.23. The molecule has 2 unspecified atom stereocenters. The van der Waals surface area contributed by atoms with E-state index in [1.807, 2.05) is 13.8 Å². The molecule has 0 saturated carbocycles. The molecule has 0 radical (unpaired) electrons. The summed E-state index contributed by atoms with van der Waals surface area (Å²) in [6.45, 7) is 8.22. The van der Waals surface area contributed by atoms with E-state index < -0.39 is 6.16 Å². The third kappa shape index (κ3) is 6.70.